The molecular weight excluding hydrogens is 705 g/mol. The lowest BCUT2D eigenvalue weighted by Crippen LogP contribution is -2.28. The van der Waals surface area contributed by atoms with E-state index in [9.17, 15) is 17.8 Å². The van der Waals surface area contributed by atoms with E-state index in [0.717, 1.165) is 50.0 Å². The number of anilines is 1. The Labute approximate surface area is 326 Å². The molecule has 2 heterocycles. The third kappa shape index (κ3) is 8.87. The number of aliphatic carboxylic acids is 1. The van der Waals surface area contributed by atoms with Gasteiger partial charge in [-0.2, -0.15) is 4.58 Å². The molecule has 0 amide bonds. The van der Waals surface area contributed by atoms with Gasteiger partial charge in [0.15, 0.2) is 5.71 Å². The Morgan fingerprint density at radius 1 is 0.727 bits per heavy atom. The summed E-state index contributed by atoms with van der Waals surface area (Å²) in [5, 5.41) is 13.9. The van der Waals surface area contributed by atoms with Crippen LogP contribution in [0.5, 0.6) is 0 Å². The first kappa shape index (κ1) is 39.9. The molecule has 0 spiro atoms. The molecule has 0 fully saturated rings. The summed E-state index contributed by atoms with van der Waals surface area (Å²) < 4.78 is 36.2. The number of rotatable bonds is 17. The minimum atomic E-state index is -4.25. The van der Waals surface area contributed by atoms with Crippen molar-refractivity contribution in [1.82, 2.24) is 0 Å². The first-order valence-electron chi connectivity index (χ1n) is 19.7. The van der Waals surface area contributed by atoms with E-state index < -0.39 is 16.1 Å². The normalized spacial score (nSPS) is 17.2. The summed E-state index contributed by atoms with van der Waals surface area (Å²) in [4.78, 5) is 13.4. The quantitative estimate of drug-likeness (QED) is 0.0498. The molecule has 0 atom stereocenters. The summed E-state index contributed by atoms with van der Waals surface area (Å²) in [7, 11) is -4.25. The first-order valence-corrected chi connectivity index (χ1v) is 21.2. The van der Waals surface area contributed by atoms with Crippen molar-refractivity contribution in [2.75, 3.05) is 23.7 Å². The lowest BCUT2D eigenvalue weighted by Gasteiger charge is -2.27. The molecule has 0 aliphatic carbocycles. The maximum absolute atomic E-state index is 11.3. The van der Waals surface area contributed by atoms with Gasteiger partial charge in [0.25, 0.3) is 0 Å². The van der Waals surface area contributed by atoms with Gasteiger partial charge in [-0.25, -0.2) is 8.42 Å². The van der Waals surface area contributed by atoms with Crippen LogP contribution in [-0.2, 0) is 25.7 Å². The molecule has 0 aromatic heterocycles. The molecule has 8 heteroatoms. The van der Waals surface area contributed by atoms with Gasteiger partial charge < -0.3 is 14.6 Å². The van der Waals surface area contributed by atoms with Crippen LogP contribution in [0.25, 0.3) is 21.5 Å². The molecule has 7 nitrogen and oxygen atoms in total. The Hall–Kier alpha value is -4.79. The molecule has 0 saturated carbocycles. The van der Waals surface area contributed by atoms with Gasteiger partial charge in [0.1, 0.15) is 6.54 Å². The zero-order valence-electron chi connectivity index (χ0n) is 32.6. The van der Waals surface area contributed by atoms with E-state index in [4.69, 9.17) is 5.11 Å². The van der Waals surface area contributed by atoms with Crippen molar-refractivity contribution in [1.29, 1.82) is 0 Å². The molecule has 0 bridgehead atoms. The average Bonchev–Trinajstić information content (AvgIpc) is 3.50. The minimum absolute atomic E-state index is 0.198. The van der Waals surface area contributed by atoms with Crippen molar-refractivity contribution in [2.45, 2.75) is 89.9 Å². The Balaban J connectivity index is 1.22. The number of benzene rings is 4. The molecule has 288 valence electrons. The summed E-state index contributed by atoms with van der Waals surface area (Å²) >= 11 is 0. The Kier molecular flexibility index (Phi) is 12.3. The van der Waals surface area contributed by atoms with Gasteiger partial charge in [0.2, 0.25) is 5.69 Å². The third-order valence-electron chi connectivity index (χ3n) is 11.3. The number of unbranched alkanes of at least 4 members (excludes halogenated alkanes) is 5. The van der Waals surface area contributed by atoms with Crippen molar-refractivity contribution in [3.8, 4) is 0 Å². The molecule has 0 radical (unpaired) electrons. The van der Waals surface area contributed by atoms with E-state index in [1.165, 1.54) is 44.1 Å². The van der Waals surface area contributed by atoms with Crippen molar-refractivity contribution in [2.24, 2.45) is 0 Å². The number of hydrogen-bond donors (Lipinski definition) is 1. The first-order chi connectivity index (χ1) is 26.3. The molecule has 0 unspecified atom stereocenters. The smallest absolute Gasteiger partial charge is 0.303 e. The molecule has 4 aromatic rings. The lowest BCUT2D eigenvalue weighted by molar-refractivity contribution is -0.438. The zero-order valence-corrected chi connectivity index (χ0v) is 33.4. The van der Waals surface area contributed by atoms with Gasteiger partial charge in [-0.15, -0.1) is 0 Å². The molecule has 2 aliphatic heterocycles. The summed E-state index contributed by atoms with van der Waals surface area (Å²) in [6.07, 6.45) is 20.7. The molecule has 1 N–H and O–H groups in total. The van der Waals surface area contributed by atoms with Crippen LogP contribution < -0.4 is 4.90 Å². The largest absolute Gasteiger partial charge is 0.748 e. The van der Waals surface area contributed by atoms with E-state index in [1.54, 1.807) is 0 Å². The van der Waals surface area contributed by atoms with Gasteiger partial charge >= 0.3 is 5.97 Å². The van der Waals surface area contributed by atoms with Crippen LogP contribution in [0, 0.1) is 0 Å². The van der Waals surface area contributed by atoms with Crippen LogP contribution in [0.3, 0.4) is 0 Å². The third-order valence-corrected chi connectivity index (χ3v) is 12.0. The van der Waals surface area contributed by atoms with E-state index >= 15 is 0 Å². The zero-order chi connectivity index (χ0) is 39.2. The summed E-state index contributed by atoms with van der Waals surface area (Å²) in [5.74, 6) is -1.07. The predicted molar refractivity (Wildman–Crippen MR) is 226 cm³/mol. The molecule has 2 aliphatic rings. The van der Waals surface area contributed by atoms with Crippen molar-refractivity contribution in [3.05, 3.63) is 132 Å². The van der Waals surface area contributed by atoms with E-state index in [0.29, 0.717) is 19.4 Å². The van der Waals surface area contributed by atoms with Crippen LogP contribution >= 0.6 is 0 Å². The number of nitrogens with zero attached hydrogens (tertiary/aromatic N) is 2. The SMILES string of the molecule is CC1(C)C(/C=C/C=C/C=C/C=C2/N(CCCCCCCC(=O)O)c3ccc4ccccc4c3C2(C)C)=[N+](CCCCS(=O)(=O)[O-])c2ccc3ccccc3c21. The highest BCUT2D eigenvalue weighted by Crippen LogP contribution is 2.51. The summed E-state index contributed by atoms with van der Waals surface area (Å²) in [6, 6.07) is 25.8. The van der Waals surface area contributed by atoms with Gasteiger partial charge in [-0.3, -0.25) is 4.79 Å². The Bertz CT molecular complexity index is 2330. The maximum Gasteiger partial charge on any atom is 0.303 e. The second-order valence-electron chi connectivity index (χ2n) is 15.9. The fourth-order valence-corrected chi connectivity index (χ4v) is 9.22. The minimum Gasteiger partial charge on any atom is -0.748 e. The predicted octanol–water partition coefficient (Wildman–Crippen LogP) is 10.5. The van der Waals surface area contributed by atoms with Gasteiger partial charge in [-0.1, -0.05) is 118 Å². The number of hydrogen-bond acceptors (Lipinski definition) is 5. The molecule has 55 heavy (non-hydrogen) atoms. The second kappa shape index (κ2) is 16.9. The molecular formula is C47H54N2O5S. The van der Waals surface area contributed by atoms with Crippen LogP contribution in [-0.4, -0.2) is 53.2 Å². The molecule has 4 aromatic carbocycles. The van der Waals surface area contributed by atoms with Crippen molar-refractivity contribution >= 4 is 54.7 Å². The van der Waals surface area contributed by atoms with Crippen LogP contribution in [0.1, 0.15) is 90.2 Å². The van der Waals surface area contributed by atoms with E-state index in [-0.39, 0.29) is 23.0 Å². The fraction of sp³-hybridized carbons (Fsp3) is 0.362. The summed E-state index contributed by atoms with van der Waals surface area (Å²) in [5.41, 5.74) is 6.91. The highest BCUT2D eigenvalue weighted by atomic mass is 32.2. The number of carbonyl (C=O) groups is 1. The number of fused-ring (bicyclic) bond motifs is 6. The monoisotopic (exact) mass is 758 g/mol. The topological polar surface area (TPSA) is 101 Å². The van der Waals surface area contributed by atoms with Crippen LogP contribution in [0.15, 0.2) is 121 Å². The maximum atomic E-state index is 11.3. The van der Waals surface area contributed by atoms with Crippen LogP contribution in [0.4, 0.5) is 11.4 Å². The van der Waals surface area contributed by atoms with Gasteiger partial charge in [-0.05, 0) is 78.4 Å². The number of carboxylic acids is 1. The number of allylic oxidation sites excluding steroid dienone is 8. The van der Waals surface area contributed by atoms with Gasteiger partial charge in [0.05, 0.1) is 15.5 Å². The van der Waals surface area contributed by atoms with Crippen molar-refractivity contribution in [3.63, 3.8) is 0 Å². The fourth-order valence-electron chi connectivity index (χ4n) is 8.66. The Morgan fingerprint density at radius 3 is 2.05 bits per heavy atom. The Morgan fingerprint density at radius 2 is 1.35 bits per heavy atom. The standard InChI is InChI=1S/C47H54N2O5S/c1-46(2)41(48(32-18-10-6-9-13-27-43(50)51)39-30-28-35-21-14-16-23-37(35)44(39)46)25-11-7-5-8-12-26-42-47(3,4)45-38-24-17-15-22-36(38)29-31-40(45)49(42)33-19-20-34-55(52,53)54/h5,7-8,11-12,14-17,21-26,28-31H,6,9-10,13,18-20,27,32-34H2,1-4H3,(H-,50,51,52,53,54). The average molecular weight is 759 g/mol. The highest BCUT2D eigenvalue weighted by Gasteiger charge is 2.45. The van der Waals surface area contributed by atoms with E-state index in [2.05, 4.69) is 140 Å². The van der Waals surface area contributed by atoms with Crippen LogP contribution in [0.2, 0.25) is 0 Å². The van der Waals surface area contributed by atoms with Crippen molar-refractivity contribution < 1.29 is 27.4 Å². The van der Waals surface area contributed by atoms with Gasteiger partial charge in [0, 0.05) is 59.6 Å². The lowest BCUT2D eigenvalue weighted by atomic mass is 9.79. The molecule has 6 rings (SSSR count). The highest BCUT2D eigenvalue weighted by molar-refractivity contribution is 7.85. The second-order valence-corrected chi connectivity index (χ2v) is 17.4. The van der Waals surface area contributed by atoms with E-state index in [1.807, 2.05) is 12.2 Å². The molecule has 0 saturated heterocycles. The number of carboxylic acid groups (broad SMARTS) is 1. The summed E-state index contributed by atoms with van der Waals surface area (Å²) in [6.45, 7) is 10.6.